The number of hydrogen-bond donors (Lipinski definition) is 1. The number of amides is 1. The van der Waals surface area contributed by atoms with Gasteiger partial charge in [-0.2, -0.15) is 0 Å². The highest BCUT2D eigenvalue weighted by Crippen LogP contribution is 2.08. The molecule has 2 heterocycles. The first kappa shape index (κ1) is 12.2. The lowest BCUT2D eigenvalue weighted by Crippen LogP contribution is -2.30. The van der Waals surface area contributed by atoms with E-state index in [4.69, 9.17) is 0 Å². The van der Waals surface area contributed by atoms with Gasteiger partial charge in [-0.05, 0) is 13.8 Å². The Hall–Kier alpha value is -2.25. The molecule has 0 saturated carbocycles. The lowest BCUT2D eigenvalue weighted by molar-refractivity contribution is -0.121. The maximum Gasteiger partial charge on any atom is 0.226 e. The van der Waals surface area contributed by atoms with Gasteiger partial charge in [0.1, 0.15) is 17.7 Å². The number of aromatic nitrogens is 5. The molecule has 1 atom stereocenters. The zero-order chi connectivity index (χ0) is 13.1. The topological polar surface area (TPSA) is 98.7 Å². The van der Waals surface area contributed by atoms with Crippen molar-refractivity contribution in [3.8, 4) is 0 Å². The zero-order valence-electron chi connectivity index (χ0n) is 10.4. The maximum absolute atomic E-state index is 11.8. The highest BCUT2D eigenvalue weighted by Gasteiger charge is 2.16. The summed E-state index contributed by atoms with van der Waals surface area (Å²) < 4.78 is 6.29. The van der Waals surface area contributed by atoms with Crippen molar-refractivity contribution in [2.24, 2.45) is 7.05 Å². The summed E-state index contributed by atoms with van der Waals surface area (Å²) in [5.41, 5.74) is 1.16. The largest absolute Gasteiger partial charge is 0.346 e. The molecule has 0 unspecified atom stereocenters. The van der Waals surface area contributed by atoms with Crippen LogP contribution >= 0.6 is 0 Å². The molecule has 18 heavy (non-hydrogen) atoms. The van der Waals surface area contributed by atoms with Crippen molar-refractivity contribution in [2.75, 3.05) is 0 Å². The van der Waals surface area contributed by atoms with E-state index >= 15 is 0 Å². The van der Waals surface area contributed by atoms with E-state index in [0.29, 0.717) is 17.2 Å². The normalized spacial score (nSPS) is 12.4. The molecule has 8 heteroatoms. The summed E-state index contributed by atoms with van der Waals surface area (Å²) in [6, 6.07) is -0.217. The minimum absolute atomic E-state index is 0.136. The van der Waals surface area contributed by atoms with Crippen LogP contribution in [0.4, 0.5) is 0 Å². The highest BCUT2D eigenvalue weighted by molar-refractivity contribution is 5.78. The molecule has 0 aliphatic heterocycles. The second-order valence-corrected chi connectivity index (χ2v) is 4.06. The summed E-state index contributed by atoms with van der Waals surface area (Å²) in [6.07, 6.45) is 1.72. The van der Waals surface area contributed by atoms with E-state index in [1.54, 1.807) is 17.8 Å². The van der Waals surface area contributed by atoms with Gasteiger partial charge in [-0.15, -0.1) is 10.2 Å². The molecule has 0 radical (unpaired) electrons. The fourth-order valence-corrected chi connectivity index (χ4v) is 1.60. The third-order valence-electron chi connectivity index (χ3n) is 2.59. The average Bonchev–Trinajstić information content (AvgIpc) is 2.88. The van der Waals surface area contributed by atoms with Gasteiger partial charge in [-0.1, -0.05) is 10.3 Å². The zero-order valence-corrected chi connectivity index (χ0v) is 10.4. The Morgan fingerprint density at radius 1 is 1.56 bits per heavy atom. The van der Waals surface area contributed by atoms with E-state index in [1.807, 2.05) is 14.0 Å². The van der Waals surface area contributed by atoms with Crippen LogP contribution in [0.2, 0.25) is 0 Å². The van der Waals surface area contributed by atoms with Crippen molar-refractivity contribution in [1.82, 2.24) is 30.4 Å². The van der Waals surface area contributed by atoms with Crippen LogP contribution in [0.3, 0.4) is 0 Å². The molecule has 96 valence electrons. The predicted molar refractivity (Wildman–Crippen MR) is 60.3 cm³/mol. The highest BCUT2D eigenvalue weighted by atomic mass is 16.6. The molecule has 1 N–H and O–H groups in total. The van der Waals surface area contributed by atoms with E-state index in [1.165, 1.54) is 0 Å². The third-order valence-corrected chi connectivity index (χ3v) is 2.59. The molecule has 8 nitrogen and oxygen atoms in total. The summed E-state index contributed by atoms with van der Waals surface area (Å²) in [4.78, 5) is 11.8. The van der Waals surface area contributed by atoms with Crippen molar-refractivity contribution < 1.29 is 9.42 Å². The second-order valence-electron chi connectivity index (χ2n) is 4.06. The van der Waals surface area contributed by atoms with Crippen molar-refractivity contribution in [2.45, 2.75) is 26.3 Å². The number of hydrogen-bond acceptors (Lipinski definition) is 6. The van der Waals surface area contributed by atoms with Gasteiger partial charge in [-0.25, -0.2) is 4.63 Å². The van der Waals surface area contributed by atoms with Crippen LogP contribution in [0, 0.1) is 6.92 Å². The molecular weight excluding hydrogens is 236 g/mol. The van der Waals surface area contributed by atoms with E-state index < -0.39 is 0 Å². The van der Waals surface area contributed by atoms with Gasteiger partial charge in [0, 0.05) is 7.05 Å². The molecule has 2 aromatic heterocycles. The Morgan fingerprint density at radius 3 is 2.89 bits per heavy atom. The fraction of sp³-hybridized carbons (Fsp3) is 0.500. The number of nitrogens with zero attached hydrogens (tertiary/aromatic N) is 5. The van der Waals surface area contributed by atoms with E-state index in [2.05, 4.69) is 30.5 Å². The van der Waals surface area contributed by atoms with Crippen molar-refractivity contribution >= 4 is 5.91 Å². The van der Waals surface area contributed by atoms with Gasteiger partial charge in [0.25, 0.3) is 0 Å². The van der Waals surface area contributed by atoms with Crippen LogP contribution in [0.15, 0.2) is 11.0 Å². The molecule has 0 aliphatic carbocycles. The molecule has 0 aliphatic rings. The molecule has 0 aromatic carbocycles. The van der Waals surface area contributed by atoms with Gasteiger partial charge in [0.15, 0.2) is 5.82 Å². The Kier molecular flexibility index (Phi) is 3.35. The van der Waals surface area contributed by atoms with E-state index in [-0.39, 0.29) is 18.4 Å². The van der Waals surface area contributed by atoms with Gasteiger partial charge in [0.2, 0.25) is 5.91 Å². The molecular formula is C10H14N6O2. The Labute approximate surface area is 103 Å². The smallest absolute Gasteiger partial charge is 0.226 e. The van der Waals surface area contributed by atoms with E-state index in [0.717, 1.165) is 0 Å². The molecule has 0 spiro atoms. The Morgan fingerprint density at radius 2 is 2.33 bits per heavy atom. The Balaban J connectivity index is 1.96. The van der Waals surface area contributed by atoms with Crippen molar-refractivity contribution in [3.63, 3.8) is 0 Å². The molecule has 0 saturated heterocycles. The number of carbonyl (C=O) groups excluding carboxylic acids is 1. The van der Waals surface area contributed by atoms with Crippen molar-refractivity contribution in [1.29, 1.82) is 0 Å². The monoisotopic (exact) mass is 250 g/mol. The summed E-state index contributed by atoms with van der Waals surface area (Å²) in [5.74, 6) is 0.530. The maximum atomic E-state index is 11.8. The lowest BCUT2D eigenvalue weighted by Gasteiger charge is -2.12. The van der Waals surface area contributed by atoms with Crippen LogP contribution < -0.4 is 5.32 Å². The van der Waals surface area contributed by atoms with Crippen LogP contribution in [0.1, 0.15) is 30.2 Å². The summed E-state index contributed by atoms with van der Waals surface area (Å²) in [5, 5.41) is 17.8. The number of nitrogens with one attached hydrogen (secondary N) is 1. The quantitative estimate of drug-likeness (QED) is 0.815. The van der Waals surface area contributed by atoms with Crippen LogP contribution in [-0.4, -0.2) is 31.0 Å². The van der Waals surface area contributed by atoms with Crippen LogP contribution in [0.25, 0.3) is 0 Å². The van der Waals surface area contributed by atoms with Gasteiger partial charge in [0.05, 0.1) is 12.5 Å². The van der Waals surface area contributed by atoms with Gasteiger partial charge in [-0.3, -0.25) is 4.79 Å². The summed E-state index contributed by atoms with van der Waals surface area (Å²) >= 11 is 0. The number of aryl methyl sites for hydroxylation is 2. The second kappa shape index (κ2) is 4.94. The Bertz CT molecular complexity index is 546. The van der Waals surface area contributed by atoms with Crippen molar-refractivity contribution in [3.05, 3.63) is 23.5 Å². The molecule has 0 fully saturated rings. The molecule has 0 bridgehead atoms. The number of rotatable bonds is 4. The lowest BCUT2D eigenvalue weighted by atomic mass is 10.2. The minimum Gasteiger partial charge on any atom is -0.346 e. The first-order valence-corrected chi connectivity index (χ1v) is 5.49. The first-order chi connectivity index (χ1) is 8.58. The summed E-state index contributed by atoms with van der Waals surface area (Å²) in [7, 11) is 1.82. The average molecular weight is 250 g/mol. The molecule has 1 amide bonds. The van der Waals surface area contributed by atoms with Gasteiger partial charge >= 0.3 is 0 Å². The SMILES string of the molecule is Cc1nonc1CC(=O)N[C@H](C)c1nncn1C. The van der Waals surface area contributed by atoms with Gasteiger partial charge < -0.3 is 9.88 Å². The number of carbonyl (C=O) groups is 1. The first-order valence-electron chi connectivity index (χ1n) is 5.49. The standard InChI is InChI=1S/C10H14N6O2/c1-6-8(15-18-14-6)4-9(17)12-7(2)10-13-11-5-16(10)3/h5,7H,4H2,1-3H3,(H,12,17)/t7-/m1/s1. The van der Waals surface area contributed by atoms with Crippen LogP contribution in [-0.2, 0) is 18.3 Å². The molecule has 2 aromatic rings. The van der Waals surface area contributed by atoms with E-state index in [9.17, 15) is 4.79 Å². The summed E-state index contributed by atoms with van der Waals surface area (Å²) in [6.45, 7) is 3.58. The minimum atomic E-state index is -0.217. The van der Waals surface area contributed by atoms with Crippen LogP contribution in [0.5, 0.6) is 0 Å². The fourth-order valence-electron chi connectivity index (χ4n) is 1.60. The third kappa shape index (κ3) is 2.53. The molecule has 2 rings (SSSR count). The predicted octanol–water partition coefficient (Wildman–Crippen LogP) is -0.0736.